The molecule has 1 aromatic heterocycles. The molecule has 0 aliphatic carbocycles. The van der Waals surface area contributed by atoms with E-state index in [1.807, 2.05) is 6.92 Å². The Kier molecular flexibility index (Phi) is 4.24. The van der Waals surface area contributed by atoms with Gasteiger partial charge in [-0.15, -0.1) is 0 Å². The number of nitrogens with one attached hydrogen (secondary N) is 1. The summed E-state index contributed by atoms with van der Waals surface area (Å²) in [5.74, 6) is 6.85. The molecule has 0 saturated carbocycles. The summed E-state index contributed by atoms with van der Waals surface area (Å²) in [5, 5.41) is 0. The van der Waals surface area contributed by atoms with E-state index in [-0.39, 0.29) is 6.04 Å². The third-order valence-corrected chi connectivity index (χ3v) is 3.16. The standard InChI is InChI=1S/C15H20N4/c1-10(2)12-4-6-13(7-5-12)14(19-16)15-17-8-11(3)9-18-15/h4-10,14,19H,16H2,1-3H3. The Morgan fingerprint density at radius 1 is 1.00 bits per heavy atom. The van der Waals surface area contributed by atoms with Crippen LogP contribution in [0.1, 0.15) is 48.3 Å². The third kappa shape index (κ3) is 3.16. The molecule has 0 fully saturated rings. The SMILES string of the molecule is Cc1cnc(C(NN)c2ccc(C(C)C)cc2)nc1. The fraction of sp³-hybridized carbons (Fsp3) is 0.333. The molecule has 1 atom stereocenters. The molecule has 4 heteroatoms. The fourth-order valence-electron chi connectivity index (χ4n) is 1.94. The Balaban J connectivity index is 2.28. The summed E-state index contributed by atoms with van der Waals surface area (Å²) in [6, 6.07) is 8.21. The highest BCUT2D eigenvalue weighted by atomic mass is 15.2. The molecular weight excluding hydrogens is 236 g/mol. The van der Waals surface area contributed by atoms with Gasteiger partial charge in [0.15, 0.2) is 5.82 Å². The van der Waals surface area contributed by atoms with Gasteiger partial charge >= 0.3 is 0 Å². The smallest absolute Gasteiger partial charge is 0.150 e. The van der Waals surface area contributed by atoms with E-state index in [0.29, 0.717) is 11.7 Å². The van der Waals surface area contributed by atoms with Crippen LogP contribution in [0.4, 0.5) is 0 Å². The predicted molar refractivity (Wildman–Crippen MR) is 76.5 cm³/mol. The van der Waals surface area contributed by atoms with E-state index in [4.69, 9.17) is 5.84 Å². The molecule has 0 aliphatic rings. The lowest BCUT2D eigenvalue weighted by atomic mass is 9.99. The van der Waals surface area contributed by atoms with Gasteiger partial charge in [-0.2, -0.15) is 0 Å². The number of rotatable bonds is 4. The van der Waals surface area contributed by atoms with Gasteiger partial charge in [-0.1, -0.05) is 38.1 Å². The fourth-order valence-corrected chi connectivity index (χ4v) is 1.94. The number of nitrogens with zero attached hydrogens (tertiary/aromatic N) is 2. The zero-order chi connectivity index (χ0) is 13.8. The van der Waals surface area contributed by atoms with Crippen LogP contribution in [0.25, 0.3) is 0 Å². The number of hydrogen-bond acceptors (Lipinski definition) is 4. The molecule has 0 bridgehead atoms. The van der Waals surface area contributed by atoms with Crippen LogP contribution in [0.3, 0.4) is 0 Å². The van der Waals surface area contributed by atoms with Crippen molar-refractivity contribution in [1.82, 2.24) is 15.4 Å². The third-order valence-electron chi connectivity index (χ3n) is 3.16. The van der Waals surface area contributed by atoms with Crippen molar-refractivity contribution >= 4 is 0 Å². The molecule has 0 saturated heterocycles. The maximum absolute atomic E-state index is 5.64. The minimum Gasteiger partial charge on any atom is -0.270 e. The number of aromatic nitrogens is 2. The largest absolute Gasteiger partial charge is 0.270 e. The first-order valence-electron chi connectivity index (χ1n) is 6.46. The molecule has 4 nitrogen and oxygen atoms in total. The molecule has 2 aromatic rings. The summed E-state index contributed by atoms with van der Waals surface area (Å²) in [7, 11) is 0. The van der Waals surface area contributed by atoms with Gasteiger partial charge in [0.2, 0.25) is 0 Å². The maximum atomic E-state index is 5.64. The van der Waals surface area contributed by atoms with Gasteiger partial charge in [-0.3, -0.25) is 5.84 Å². The normalized spacial score (nSPS) is 12.7. The van der Waals surface area contributed by atoms with Crippen LogP contribution in [0.5, 0.6) is 0 Å². The van der Waals surface area contributed by atoms with Gasteiger partial charge in [0, 0.05) is 12.4 Å². The molecule has 2 rings (SSSR count). The highest BCUT2D eigenvalue weighted by molar-refractivity contribution is 5.30. The molecule has 1 unspecified atom stereocenters. The lowest BCUT2D eigenvalue weighted by Gasteiger charge is -2.16. The maximum Gasteiger partial charge on any atom is 0.150 e. The number of aryl methyl sites for hydroxylation is 1. The first-order valence-corrected chi connectivity index (χ1v) is 6.46. The minimum absolute atomic E-state index is 0.179. The van der Waals surface area contributed by atoms with Crippen LogP contribution >= 0.6 is 0 Å². The lowest BCUT2D eigenvalue weighted by molar-refractivity contribution is 0.600. The van der Waals surface area contributed by atoms with Crippen LogP contribution < -0.4 is 11.3 Å². The number of benzene rings is 1. The van der Waals surface area contributed by atoms with Gasteiger partial charge in [0.05, 0.1) is 0 Å². The predicted octanol–water partition coefficient (Wildman–Crippen LogP) is 2.46. The number of hydrogen-bond donors (Lipinski definition) is 2. The number of hydrazine groups is 1. The molecule has 19 heavy (non-hydrogen) atoms. The highest BCUT2D eigenvalue weighted by Crippen LogP contribution is 2.21. The van der Waals surface area contributed by atoms with Crippen LogP contribution in [0, 0.1) is 6.92 Å². The first kappa shape index (κ1) is 13.6. The Morgan fingerprint density at radius 3 is 2.00 bits per heavy atom. The summed E-state index contributed by atoms with van der Waals surface area (Å²) in [6.45, 7) is 6.32. The second-order valence-electron chi connectivity index (χ2n) is 5.04. The average Bonchev–Trinajstić information content (AvgIpc) is 2.42. The summed E-state index contributed by atoms with van der Waals surface area (Å²) < 4.78 is 0. The van der Waals surface area contributed by atoms with Crippen molar-refractivity contribution in [3.63, 3.8) is 0 Å². The van der Waals surface area contributed by atoms with Gasteiger partial charge in [0.25, 0.3) is 0 Å². The summed E-state index contributed by atoms with van der Waals surface area (Å²) >= 11 is 0. The van der Waals surface area contributed by atoms with Crippen LogP contribution in [0.2, 0.25) is 0 Å². The second kappa shape index (κ2) is 5.91. The monoisotopic (exact) mass is 256 g/mol. The zero-order valence-corrected chi connectivity index (χ0v) is 11.6. The zero-order valence-electron chi connectivity index (χ0n) is 11.6. The summed E-state index contributed by atoms with van der Waals surface area (Å²) in [5.41, 5.74) is 6.19. The van der Waals surface area contributed by atoms with Gasteiger partial charge in [0.1, 0.15) is 6.04 Å². The molecule has 3 N–H and O–H groups in total. The highest BCUT2D eigenvalue weighted by Gasteiger charge is 2.15. The van der Waals surface area contributed by atoms with Crippen LogP contribution in [-0.2, 0) is 0 Å². The Morgan fingerprint density at radius 2 is 1.53 bits per heavy atom. The van der Waals surface area contributed by atoms with Crippen molar-refractivity contribution < 1.29 is 0 Å². The van der Waals surface area contributed by atoms with E-state index in [1.54, 1.807) is 12.4 Å². The van der Waals surface area contributed by atoms with Crippen LogP contribution in [-0.4, -0.2) is 9.97 Å². The van der Waals surface area contributed by atoms with E-state index >= 15 is 0 Å². The van der Waals surface area contributed by atoms with Gasteiger partial charge in [-0.25, -0.2) is 15.4 Å². The van der Waals surface area contributed by atoms with Crippen molar-refractivity contribution in [1.29, 1.82) is 0 Å². The molecule has 0 spiro atoms. The van der Waals surface area contributed by atoms with Crippen molar-refractivity contribution in [3.8, 4) is 0 Å². The van der Waals surface area contributed by atoms with E-state index < -0.39 is 0 Å². The quantitative estimate of drug-likeness (QED) is 0.651. The van der Waals surface area contributed by atoms with E-state index in [0.717, 1.165) is 11.1 Å². The Hall–Kier alpha value is -1.78. The molecule has 0 amide bonds. The van der Waals surface area contributed by atoms with E-state index in [9.17, 15) is 0 Å². The van der Waals surface area contributed by atoms with Crippen molar-refractivity contribution in [2.24, 2.45) is 5.84 Å². The Bertz CT molecular complexity index is 517. The van der Waals surface area contributed by atoms with Gasteiger partial charge < -0.3 is 0 Å². The van der Waals surface area contributed by atoms with Crippen molar-refractivity contribution in [2.75, 3.05) is 0 Å². The van der Waals surface area contributed by atoms with E-state index in [1.165, 1.54) is 5.56 Å². The van der Waals surface area contributed by atoms with Crippen molar-refractivity contribution in [3.05, 3.63) is 59.2 Å². The molecule has 1 heterocycles. The van der Waals surface area contributed by atoms with Gasteiger partial charge in [-0.05, 0) is 29.5 Å². The molecular formula is C15H20N4. The summed E-state index contributed by atoms with van der Waals surface area (Å²) in [4.78, 5) is 8.66. The van der Waals surface area contributed by atoms with E-state index in [2.05, 4.69) is 53.5 Å². The number of nitrogens with two attached hydrogens (primary N) is 1. The topological polar surface area (TPSA) is 63.8 Å². The molecule has 0 radical (unpaired) electrons. The molecule has 100 valence electrons. The summed E-state index contributed by atoms with van der Waals surface area (Å²) in [6.07, 6.45) is 3.60. The van der Waals surface area contributed by atoms with Crippen LogP contribution in [0.15, 0.2) is 36.7 Å². The first-order chi connectivity index (χ1) is 9.11. The average molecular weight is 256 g/mol. The second-order valence-corrected chi connectivity index (χ2v) is 5.04. The molecule has 1 aromatic carbocycles. The van der Waals surface area contributed by atoms with Crippen molar-refractivity contribution in [2.45, 2.75) is 32.7 Å². The Labute approximate surface area is 114 Å². The lowest BCUT2D eigenvalue weighted by Crippen LogP contribution is -2.30. The molecule has 0 aliphatic heterocycles. The minimum atomic E-state index is -0.179.